The summed E-state index contributed by atoms with van der Waals surface area (Å²) in [5.41, 5.74) is 3.88. The topological polar surface area (TPSA) is 24.9 Å². The zero-order valence-corrected chi connectivity index (χ0v) is 14.7. The largest absolute Gasteiger partial charge is 0.339 e. The fourth-order valence-electron chi connectivity index (χ4n) is 2.82. The van der Waals surface area contributed by atoms with Crippen LogP contribution in [0.2, 0.25) is 10.0 Å². The van der Waals surface area contributed by atoms with E-state index in [-0.39, 0.29) is 0 Å². The van der Waals surface area contributed by atoms with E-state index in [2.05, 4.69) is 17.4 Å². The quantitative estimate of drug-likeness (QED) is 0.425. The van der Waals surface area contributed by atoms with Gasteiger partial charge in [-0.15, -0.1) is 0 Å². The molecule has 122 valence electrons. The van der Waals surface area contributed by atoms with Crippen molar-refractivity contribution in [2.24, 2.45) is 0 Å². The second-order valence-corrected chi connectivity index (χ2v) is 6.53. The Bertz CT molecular complexity index is 1050. The second-order valence-electron chi connectivity index (χ2n) is 5.69. The summed E-state index contributed by atoms with van der Waals surface area (Å²) in [6, 6.07) is 25.6. The van der Waals surface area contributed by atoms with Gasteiger partial charge in [0.1, 0.15) is 5.82 Å². The van der Waals surface area contributed by atoms with Crippen molar-refractivity contribution in [3.63, 3.8) is 0 Å². The highest BCUT2D eigenvalue weighted by atomic mass is 35.5. The van der Waals surface area contributed by atoms with Crippen molar-refractivity contribution in [3.05, 3.63) is 88.9 Å². The Labute approximate surface area is 156 Å². The first-order valence-electron chi connectivity index (χ1n) is 7.88. The highest BCUT2D eigenvalue weighted by Gasteiger charge is 2.10. The summed E-state index contributed by atoms with van der Waals surface area (Å²) in [6.07, 6.45) is 0. The van der Waals surface area contributed by atoms with Crippen LogP contribution in [0.5, 0.6) is 0 Å². The first-order chi connectivity index (χ1) is 12.2. The van der Waals surface area contributed by atoms with Crippen LogP contribution in [0.15, 0.2) is 78.9 Å². The molecule has 0 fully saturated rings. The number of pyridine rings is 1. The molecule has 0 bridgehead atoms. The molecule has 0 aliphatic carbocycles. The summed E-state index contributed by atoms with van der Waals surface area (Å²) in [5, 5.41) is 5.68. The summed E-state index contributed by atoms with van der Waals surface area (Å²) < 4.78 is 0. The minimum absolute atomic E-state index is 0.654. The molecule has 0 aliphatic rings. The lowest BCUT2D eigenvalue weighted by atomic mass is 10.0. The maximum Gasteiger partial charge on any atom is 0.131 e. The number of para-hydroxylation sites is 1. The molecule has 1 heterocycles. The lowest BCUT2D eigenvalue weighted by Gasteiger charge is -2.13. The molecule has 0 atom stereocenters. The van der Waals surface area contributed by atoms with Crippen molar-refractivity contribution < 1.29 is 0 Å². The highest BCUT2D eigenvalue weighted by Crippen LogP contribution is 2.33. The van der Waals surface area contributed by atoms with Crippen LogP contribution in [0.3, 0.4) is 0 Å². The van der Waals surface area contributed by atoms with Gasteiger partial charge in [0, 0.05) is 10.4 Å². The van der Waals surface area contributed by atoms with E-state index in [1.54, 1.807) is 0 Å². The van der Waals surface area contributed by atoms with E-state index < -0.39 is 0 Å². The van der Waals surface area contributed by atoms with E-state index in [4.69, 9.17) is 28.2 Å². The molecule has 3 aromatic carbocycles. The normalized spacial score (nSPS) is 10.8. The number of benzene rings is 3. The number of halogens is 2. The molecule has 0 radical (unpaired) electrons. The van der Waals surface area contributed by atoms with Crippen LogP contribution >= 0.6 is 23.2 Å². The Morgan fingerprint density at radius 3 is 2.32 bits per heavy atom. The number of fused-ring (bicyclic) bond motifs is 1. The van der Waals surface area contributed by atoms with Gasteiger partial charge in [0.25, 0.3) is 0 Å². The molecule has 0 saturated carbocycles. The highest BCUT2D eigenvalue weighted by molar-refractivity contribution is 6.33. The van der Waals surface area contributed by atoms with E-state index in [0.29, 0.717) is 10.0 Å². The van der Waals surface area contributed by atoms with Gasteiger partial charge in [0.15, 0.2) is 0 Å². The first-order valence-corrected chi connectivity index (χ1v) is 8.63. The van der Waals surface area contributed by atoms with E-state index >= 15 is 0 Å². The smallest absolute Gasteiger partial charge is 0.131 e. The number of hydrogen-bond acceptors (Lipinski definition) is 2. The van der Waals surface area contributed by atoms with Gasteiger partial charge < -0.3 is 5.32 Å². The van der Waals surface area contributed by atoms with Crippen molar-refractivity contribution in [1.29, 1.82) is 0 Å². The molecule has 1 N–H and O–H groups in total. The van der Waals surface area contributed by atoms with Gasteiger partial charge in [-0.2, -0.15) is 0 Å². The Morgan fingerprint density at radius 2 is 1.52 bits per heavy atom. The molecule has 0 saturated heterocycles. The standard InChI is InChI=1S/C21H14Cl2N2/c22-15-10-11-19-17(12-15)16(14-6-2-1-3-7-14)13-21(24-19)25-20-9-5-4-8-18(20)23/h1-13H,(H,24,25). The fraction of sp³-hybridized carbons (Fsp3) is 0. The van der Waals surface area contributed by atoms with Crippen molar-refractivity contribution in [3.8, 4) is 11.1 Å². The molecule has 4 aromatic rings. The monoisotopic (exact) mass is 364 g/mol. The predicted octanol–water partition coefficient (Wildman–Crippen LogP) is 6.95. The minimum atomic E-state index is 0.654. The Balaban J connectivity index is 1.89. The third kappa shape index (κ3) is 3.32. The lowest BCUT2D eigenvalue weighted by Crippen LogP contribution is -1.96. The van der Waals surface area contributed by atoms with E-state index in [1.807, 2.05) is 66.7 Å². The molecule has 0 spiro atoms. The average molecular weight is 365 g/mol. The molecule has 0 amide bonds. The van der Waals surface area contributed by atoms with Gasteiger partial charge in [-0.05, 0) is 47.5 Å². The third-order valence-electron chi connectivity index (χ3n) is 3.99. The van der Waals surface area contributed by atoms with E-state index in [0.717, 1.165) is 33.5 Å². The van der Waals surface area contributed by atoms with Crippen LogP contribution in [0.25, 0.3) is 22.0 Å². The maximum atomic E-state index is 6.26. The van der Waals surface area contributed by atoms with Crippen molar-refractivity contribution >= 4 is 45.6 Å². The summed E-state index contributed by atoms with van der Waals surface area (Å²) in [7, 11) is 0. The zero-order valence-electron chi connectivity index (χ0n) is 13.2. The molecule has 0 unspecified atom stereocenters. The first kappa shape index (κ1) is 15.9. The molecule has 4 rings (SSSR count). The maximum absolute atomic E-state index is 6.26. The number of nitrogens with one attached hydrogen (secondary N) is 1. The minimum Gasteiger partial charge on any atom is -0.339 e. The summed E-state index contributed by atoms with van der Waals surface area (Å²) in [6.45, 7) is 0. The summed E-state index contributed by atoms with van der Waals surface area (Å²) >= 11 is 12.5. The predicted molar refractivity (Wildman–Crippen MR) is 107 cm³/mol. The number of hydrogen-bond donors (Lipinski definition) is 1. The van der Waals surface area contributed by atoms with Crippen molar-refractivity contribution in [2.45, 2.75) is 0 Å². The van der Waals surface area contributed by atoms with Crippen LogP contribution in [-0.2, 0) is 0 Å². The Morgan fingerprint density at radius 1 is 0.760 bits per heavy atom. The Kier molecular flexibility index (Phi) is 4.31. The van der Waals surface area contributed by atoms with Crippen molar-refractivity contribution in [2.75, 3.05) is 5.32 Å². The number of aromatic nitrogens is 1. The average Bonchev–Trinajstić information content (AvgIpc) is 2.64. The number of nitrogens with zero attached hydrogens (tertiary/aromatic N) is 1. The lowest BCUT2D eigenvalue weighted by molar-refractivity contribution is 1.37. The molecular formula is C21H14Cl2N2. The zero-order chi connectivity index (χ0) is 17.2. The van der Waals surface area contributed by atoms with Gasteiger partial charge >= 0.3 is 0 Å². The van der Waals surface area contributed by atoms with Crippen molar-refractivity contribution in [1.82, 2.24) is 4.98 Å². The fourth-order valence-corrected chi connectivity index (χ4v) is 3.17. The summed E-state index contributed by atoms with van der Waals surface area (Å²) in [5.74, 6) is 0.738. The van der Waals surface area contributed by atoms with Crippen LogP contribution in [0.1, 0.15) is 0 Å². The van der Waals surface area contributed by atoms with Gasteiger partial charge in [-0.3, -0.25) is 0 Å². The van der Waals surface area contributed by atoms with E-state index in [9.17, 15) is 0 Å². The summed E-state index contributed by atoms with van der Waals surface area (Å²) in [4.78, 5) is 4.71. The molecular weight excluding hydrogens is 351 g/mol. The molecule has 25 heavy (non-hydrogen) atoms. The molecule has 2 nitrogen and oxygen atoms in total. The van der Waals surface area contributed by atoms with Crippen LogP contribution < -0.4 is 5.32 Å². The van der Waals surface area contributed by atoms with Gasteiger partial charge in [0.05, 0.1) is 16.2 Å². The molecule has 1 aromatic heterocycles. The van der Waals surface area contributed by atoms with Gasteiger partial charge in [-0.25, -0.2) is 4.98 Å². The SMILES string of the molecule is Clc1ccc2nc(Nc3ccccc3Cl)cc(-c3ccccc3)c2c1. The third-order valence-corrected chi connectivity index (χ3v) is 4.56. The second kappa shape index (κ2) is 6.75. The Hall–Kier alpha value is -2.55. The molecule has 0 aliphatic heterocycles. The van der Waals surface area contributed by atoms with Gasteiger partial charge in [-0.1, -0.05) is 65.7 Å². The van der Waals surface area contributed by atoms with Crippen LogP contribution in [-0.4, -0.2) is 4.98 Å². The van der Waals surface area contributed by atoms with Crippen LogP contribution in [0, 0.1) is 0 Å². The van der Waals surface area contributed by atoms with Crippen LogP contribution in [0.4, 0.5) is 11.5 Å². The van der Waals surface area contributed by atoms with E-state index in [1.165, 1.54) is 0 Å². The molecule has 4 heteroatoms. The number of rotatable bonds is 3. The van der Waals surface area contributed by atoms with Gasteiger partial charge in [0.2, 0.25) is 0 Å². The number of anilines is 2.